The van der Waals surface area contributed by atoms with Gasteiger partial charge in [-0.3, -0.25) is 0 Å². The van der Waals surface area contributed by atoms with E-state index in [1.807, 2.05) is 4.57 Å². The smallest absolute Gasteiger partial charge is 0.139 e. The van der Waals surface area contributed by atoms with E-state index in [-0.39, 0.29) is 6.61 Å². The Morgan fingerprint density at radius 3 is 2.86 bits per heavy atom. The minimum absolute atomic E-state index is 0.177. The van der Waals surface area contributed by atoms with Gasteiger partial charge < -0.3 is 19.4 Å². The molecule has 2 N–H and O–H groups in total. The van der Waals surface area contributed by atoms with Gasteiger partial charge in [-0.15, -0.1) is 0 Å². The van der Waals surface area contributed by atoms with Crippen molar-refractivity contribution in [2.75, 3.05) is 13.2 Å². The zero-order valence-electron chi connectivity index (χ0n) is 13.6. The van der Waals surface area contributed by atoms with Crippen molar-refractivity contribution in [1.82, 2.24) is 14.5 Å². The Bertz CT molecular complexity index is 675. The lowest BCUT2D eigenvalue weighted by atomic mass is 10.1. The molecule has 22 heavy (non-hydrogen) atoms. The zero-order valence-corrected chi connectivity index (χ0v) is 15.4. The average molecular weight is 340 g/mol. The fourth-order valence-corrected chi connectivity index (χ4v) is 3.36. The van der Waals surface area contributed by atoms with Crippen molar-refractivity contribution in [3.05, 3.63) is 22.7 Å². The van der Waals surface area contributed by atoms with E-state index in [2.05, 4.69) is 35.8 Å². The van der Waals surface area contributed by atoms with E-state index < -0.39 is 8.07 Å². The van der Waals surface area contributed by atoms with Crippen LogP contribution in [0.15, 0.2) is 12.5 Å². The van der Waals surface area contributed by atoms with Gasteiger partial charge >= 0.3 is 0 Å². The van der Waals surface area contributed by atoms with Crippen molar-refractivity contribution in [3.8, 4) is 0 Å². The Hall–Kier alpha value is -1.02. The van der Waals surface area contributed by atoms with Gasteiger partial charge in [0.2, 0.25) is 0 Å². The van der Waals surface area contributed by atoms with E-state index in [0.717, 1.165) is 42.1 Å². The molecule has 0 radical (unpaired) electrons. The summed E-state index contributed by atoms with van der Waals surface area (Å²) >= 11 is 5.35. The molecule has 7 heteroatoms. The van der Waals surface area contributed by atoms with Crippen molar-refractivity contribution in [2.45, 2.75) is 45.3 Å². The van der Waals surface area contributed by atoms with E-state index in [0.29, 0.717) is 11.4 Å². The first-order valence-corrected chi connectivity index (χ1v) is 11.8. The molecule has 5 nitrogen and oxygen atoms in total. The number of nitrogens with one attached hydrogen (secondary N) is 1. The SMILES string of the molecule is C[Si](C)(C)CCOCn1cc(CCCO)c2c(=S)nc[nH]c21. The molecule has 2 rings (SSSR count). The fraction of sp³-hybridized carbons (Fsp3) is 0.600. The lowest BCUT2D eigenvalue weighted by molar-refractivity contribution is 0.0898. The molecule has 0 aliphatic heterocycles. The summed E-state index contributed by atoms with van der Waals surface area (Å²) in [5.74, 6) is 0. The molecule has 0 unspecified atom stereocenters. The molecule has 122 valence electrons. The van der Waals surface area contributed by atoms with E-state index in [9.17, 15) is 0 Å². The summed E-state index contributed by atoms with van der Waals surface area (Å²) in [5, 5.41) is 10.0. The molecule has 2 heterocycles. The van der Waals surface area contributed by atoms with Crippen molar-refractivity contribution in [3.63, 3.8) is 0 Å². The van der Waals surface area contributed by atoms with Crippen molar-refractivity contribution >= 4 is 31.3 Å². The van der Waals surface area contributed by atoms with Crippen LogP contribution in [-0.4, -0.2) is 40.9 Å². The summed E-state index contributed by atoms with van der Waals surface area (Å²) in [7, 11) is -1.07. The monoisotopic (exact) mass is 339 g/mol. The van der Waals surface area contributed by atoms with Crippen LogP contribution in [0.25, 0.3) is 11.0 Å². The molecule has 0 saturated carbocycles. The van der Waals surface area contributed by atoms with Crippen LogP contribution < -0.4 is 0 Å². The molecule has 0 atom stereocenters. The second-order valence-electron chi connectivity index (χ2n) is 6.73. The highest BCUT2D eigenvalue weighted by atomic mass is 32.1. The second-order valence-corrected chi connectivity index (χ2v) is 12.7. The first kappa shape index (κ1) is 17.3. The minimum Gasteiger partial charge on any atom is -0.396 e. The summed E-state index contributed by atoms with van der Waals surface area (Å²) in [6.07, 6.45) is 5.19. The van der Waals surface area contributed by atoms with Crippen LogP contribution in [0, 0.1) is 4.64 Å². The first-order chi connectivity index (χ1) is 10.4. The normalized spacial score (nSPS) is 12.2. The van der Waals surface area contributed by atoms with E-state index in [1.165, 1.54) is 0 Å². The van der Waals surface area contributed by atoms with Gasteiger partial charge in [0.25, 0.3) is 0 Å². The van der Waals surface area contributed by atoms with Gasteiger partial charge in [0.05, 0.1) is 11.7 Å². The third-order valence-corrected chi connectivity index (χ3v) is 5.60. The molecular formula is C15H25N3O2SSi. The van der Waals surface area contributed by atoms with E-state index in [1.54, 1.807) is 6.33 Å². The highest BCUT2D eigenvalue weighted by Gasteiger charge is 2.13. The third kappa shape index (κ3) is 4.49. The van der Waals surface area contributed by atoms with E-state index >= 15 is 0 Å². The molecule has 0 aliphatic carbocycles. The standard InChI is InChI=1S/C15H25N3O2SSi/c1-22(2,3)8-7-20-11-18-9-12(5-4-6-19)13-14(18)16-10-17-15(13)21/h9-10,19H,4-8,11H2,1-3H3,(H,16,17,21). The number of ether oxygens (including phenoxy) is 1. The molecule has 0 aliphatic rings. The van der Waals surface area contributed by atoms with Crippen LogP contribution in [0.1, 0.15) is 12.0 Å². The van der Waals surface area contributed by atoms with Gasteiger partial charge in [-0.05, 0) is 24.4 Å². The van der Waals surface area contributed by atoms with Gasteiger partial charge in [0, 0.05) is 27.5 Å². The van der Waals surface area contributed by atoms with Crippen LogP contribution in [0.3, 0.4) is 0 Å². The van der Waals surface area contributed by atoms with Gasteiger partial charge in [0.1, 0.15) is 17.0 Å². The number of aliphatic hydroxyl groups is 1. The zero-order chi connectivity index (χ0) is 16.2. The van der Waals surface area contributed by atoms with Crippen LogP contribution in [-0.2, 0) is 17.9 Å². The predicted octanol–water partition coefficient (Wildman–Crippen LogP) is 3.33. The van der Waals surface area contributed by atoms with Crippen LogP contribution in [0.2, 0.25) is 25.7 Å². The van der Waals surface area contributed by atoms with Crippen LogP contribution in [0.5, 0.6) is 0 Å². The molecule has 2 aromatic heterocycles. The van der Waals surface area contributed by atoms with Gasteiger partial charge in [-0.1, -0.05) is 31.9 Å². The number of hydrogen-bond donors (Lipinski definition) is 2. The quantitative estimate of drug-likeness (QED) is 0.440. The Morgan fingerprint density at radius 1 is 1.41 bits per heavy atom. The number of hydrogen-bond acceptors (Lipinski definition) is 4. The summed E-state index contributed by atoms with van der Waals surface area (Å²) < 4.78 is 8.48. The lowest BCUT2D eigenvalue weighted by Gasteiger charge is -2.15. The number of H-pyrrole nitrogens is 1. The third-order valence-electron chi connectivity index (χ3n) is 3.58. The van der Waals surface area contributed by atoms with Crippen molar-refractivity contribution in [2.24, 2.45) is 0 Å². The number of aryl methyl sites for hydroxylation is 1. The summed E-state index contributed by atoms with van der Waals surface area (Å²) in [6.45, 7) is 8.50. The molecule has 0 fully saturated rings. The molecule has 0 amide bonds. The Morgan fingerprint density at radius 2 is 2.18 bits per heavy atom. The highest BCUT2D eigenvalue weighted by molar-refractivity contribution is 7.71. The number of aliphatic hydroxyl groups excluding tert-OH is 1. The predicted molar refractivity (Wildman–Crippen MR) is 94.4 cm³/mol. The Balaban J connectivity index is 2.16. The largest absolute Gasteiger partial charge is 0.396 e. The summed E-state index contributed by atoms with van der Waals surface area (Å²) in [6, 6.07) is 1.15. The number of aromatic nitrogens is 3. The maximum absolute atomic E-state index is 9.05. The number of fused-ring (bicyclic) bond motifs is 1. The van der Waals surface area contributed by atoms with E-state index in [4.69, 9.17) is 22.1 Å². The average Bonchev–Trinajstić information content (AvgIpc) is 2.80. The number of aromatic amines is 1. The molecule has 2 aromatic rings. The minimum atomic E-state index is -1.07. The fourth-order valence-electron chi connectivity index (χ4n) is 2.33. The van der Waals surface area contributed by atoms with Gasteiger partial charge in [0.15, 0.2) is 0 Å². The molecular weight excluding hydrogens is 314 g/mol. The van der Waals surface area contributed by atoms with Crippen molar-refractivity contribution in [1.29, 1.82) is 0 Å². The second kappa shape index (κ2) is 7.50. The Kier molecular flexibility index (Phi) is 5.91. The molecule has 0 aromatic carbocycles. The van der Waals surface area contributed by atoms with Crippen LogP contribution >= 0.6 is 12.2 Å². The number of nitrogens with zero attached hydrogens (tertiary/aromatic N) is 2. The van der Waals surface area contributed by atoms with Gasteiger partial charge in [-0.25, -0.2) is 4.98 Å². The van der Waals surface area contributed by atoms with Crippen molar-refractivity contribution < 1.29 is 9.84 Å². The van der Waals surface area contributed by atoms with Crippen LogP contribution in [0.4, 0.5) is 0 Å². The Labute approximate surface area is 137 Å². The summed E-state index contributed by atoms with van der Waals surface area (Å²) in [5.41, 5.74) is 2.06. The topological polar surface area (TPSA) is 63.1 Å². The highest BCUT2D eigenvalue weighted by Crippen LogP contribution is 2.21. The first-order valence-electron chi connectivity index (χ1n) is 7.66. The van der Waals surface area contributed by atoms with Gasteiger partial charge in [-0.2, -0.15) is 0 Å². The molecule has 0 spiro atoms. The maximum atomic E-state index is 9.05. The molecule has 0 bridgehead atoms. The lowest BCUT2D eigenvalue weighted by Crippen LogP contribution is -2.22. The molecule has 0 saturated heterocycles. The summed E-state index contributed by atoms with van der Waals surface area (Å²) in [4.78, 5) is 7.33. The number of rotatable bonds is 8. The maximum Gasteiger partial charge on any atom is 0.139 e.